The summed E-state index contributed by atoms with van der Waals surface area (Å²) in [5.41, 5.74) is 1.97. The highest BCUT2D eigenvalue weighted by molar-refractivity contribution is 14.1. The van der Waals surface area contributed by atoms with Crippen LogP contribution in [-0.4, -0.2) is 11.5 Å². The van der Waals surface area contributed by atoms with Gasteiger partial charge >= 0.3 is 0 Å². The molecule has 1 aromatic heterocycles. The lowest BCUT2D eigenvalue weighted by atomic mass is 10.1. The number of aromatic nitrogens is 1. The third-order valence-corrected chi connectivity index (χ3v) is 2.60. The zero-order valence-corrected chi connectivity index (χ0v) is 8.64. The summed E-state index contributed by atoms with van der Waals surface area (Å²) in [5, 5.41) is 3.22. The van der Waals surface area contributed by atoms with Gasteiger partial charge in [0.05, 0.1) is 3.70 Å². The van der Waals surface area contributed by atoms with Gasteiger partial charge in [-0.25, -0.2) is 0 Å². The third kappa shape index (κ3) is 1.35. The van der Waals surface area contributed by atoms with Crippen molar-refractivity contribution in [1.82, 2.24) is 4.98 Å². The van der Waals surface area contributed by atoms with Crippen molar-refractivity contribution >= 4 is 28.3 Å². The molecule has 0 fully saturated rings. The Kier molecular flexibility index (Phi) is 2.08. The Morgan fingerprint density at radius 1 is 1.50 bits per heavy atom. The largest absolute Gasteiger partial charge is 0.385 e. The van der Waals surface area contributed by atoms with Crippen molar-refractivity contribution in [2.75, 3.05) is 11.9 Å². The number of fused-ring (bicyclic) bond motifs is 1. The quantitative estimate of drug-likeness (QED) is 0.555. The van der Waals surface area contributed by atoms with Gasteiger partial charge in [0, 0.05) is 17.8 Å². The van der Waals surface area contributed by atoms with Crippen LogP contribution in [0.3, 0.4) is 0 Å². The second-order valence-electron chi connectivity index (χ2n) is 2.87. The average molecular weight is 276 g/mol. The molecule has 0 saturated carbocycles. The van der Waals surface area contributed by atoms with Gasteiger partial charge in [-0.15, -0.1) is 0 Å². The molecule has 12 heavy (non-hydrogen) atoms. The summed E-state index contributed by atoms with van der Waals surface area (Å²) in [5.74, 6) is 0. The number of rotatable bonds is 0. The summed E-state index contributed by atoms with van der Waals surface area (Å²) in [6.45, 7) is 0.979. The summed E-state index contributed by atoms with van der Waals surface area (Å²) in [6.07, 6.45) is 1.95. The van der Waals surface area contributed by atoms with Gasteiger partial charge in [-0.1, -0.05) is 0 Å². The molecule has 1 aliphatic heterocycles. The molecule has 1 aliphatic rings. The molecule has 0 bridgehead atoms. The monoisotopic (exact) mass is 276 g/mol. The number of pyridine rings is 1. The highest BCUT2D eigenvalue weighted by Gasteiger charge is 2.11. The lowest BCUT2D eigenvalue weighted by Crippen LogP contribution is -2.22. The Hall–Kier alpha value is -0.520. The van der Waals surface area contributed by atoms with Crippen LogP contribution in [0.25, 0.3) is 0 Å². The minimum Gasteiger partial charge on any atom is -0.385 e. The van der Waals surface area contributed by atoms with Crippen molar-refractivity contribution in [2.45, 2.75) is 12.8 Å². The molecule has 2 rings (SSSR count). The highest BCUT2D eigenvalue weighted by Crippen LogP contribution is 2.18. The first-order chi connectivity index (χ1) is 5.77. The van der Waals surface area contributed by atoms with Crippen molar-refractivity contribution < 1.29 is 0 Å². The fourth-order valence-corrected chi connectivity index (χ4v) is 2.01. The fourth-order valence-electron chi connectivity index (χ4n) is 1.45. The van der Waals surface area contributed by atoms with Crippen molar-refractivity contribution in [2.24, 2.45) is 0 Å². The Bertz CT molecular complexity index is 359. The second-order valence-corrected chi connectivity index (χ2v) is 4.03. The van der Waals surface area contributed by atoms with E-state index in [1.54, 1.807) is 0 Å². The average Bonchev–Trinajstić information content (AvgIpc) is 2.04. The summed E-state index contributed by atoms with van der Waals surface area (Å²) in [7, 11) is 0. The molecule has 0 unspecified atom stereocenters. The molecule has 0 aromatic carbocycles. The normalized spacial score (nSPS) is 15.1. The van der Waals surface area contributed by atoms with Crippen LogP contribution in [0.1, 0.15) is 12.0 Å². The topological polar surface area (TPSA) is 44.9 Å². The first-order valence-electron chi connectivity index (χ1n) is 3.93. The molecule has 0 atom stereocenters. The van der Waals surface area contributed by atoms with E-state index in [1.165, 1.54) is 0 Å². The van der Waals surface area contributed by atoms with Crippen LogP contribution in [0.15, 0.2) is 10.9 Å². The fraction of sp³-hybridized carbons (Fsp3) is 0.375. The number of H-pyrrole nitrogens is 1. The maximum atomic E-state index is 11.4. The van der Waals surface area contributed by atoms with Gasteiger partial charge in [0.25, 0.3) is 5.56 Å². The molecule has 0 spiro atoms. The summed E-state index contributed by atoms with van der Waals surface area (Å²) < 4.78 is 0.894. The number of halogens is 1. The van der Waals surface area contributed by atoms with Crippen LogP contribution >= 0.6 is 22.6 Å². The van der Waals surface area contributed by atoms with Crippen LogP contribution in [0.5, 0.6) is 0 Å². The summed E-state index contributed by atoms with van der Waals surface area (Å²) in [4.78, 5) is 14.2. The lowest BCUT2D eigenvalue weighted by molar-refractivity contribution is 0.813. The van der Waals surface area contributed by atoms with Gasteiger partial charge in [-0.3, -0.25) is 4.79 Å². The van der Waals surface area contributed by atoms with E-state index in [-0.39, 0.29) is 5.56 Å². The Labute approximate surface area is 83.7 Å². The number of anilines is 1. The van der Waals surface area contributed by atoms with Crippen molar-refractivity contribution in [3.8, 4) is 0 Å². The zero-order valence-electron chi connectivity index (χ0n) is 6.48. The van der Waals surface area contributed by atoms with E-state index < -0.39 is 0 Å². The standard InChI is InChI=1S/C8H9IN2O/c9-7-4-6-5(8(12)11-7)2-1-3-10-6/h4,10H,1-3H2,(H,11,12). The van der Waals surface area contributed by atoms with Crippen molar-refractivity contribution in [3.05, 3.63) is 25.7 Å². The Morgan fingerprint density at radius 2 is 2.33 bits per heavy atom. The van der Waals surface area contributed by atoms with Gasteiger partial charge in [-0.05, 0) is 41.5 Å². The SMILES string of the molecule is O=c1[nH]c(I)cc2c1CCCN2. The highest BCUT2D eigenvalue weighted by atomic mass is 127. The summed E-state index contributed by atoms with van der Waals surface area (Å²) >= 11 is 2.12. The van der Waals surface area contributed by atoms with E-state index >= 15 is 0 Å². The molecule has 3 nitrogen and oxygen atoms in total. The Balaban J connectivity index is 2.60. The molecular weight excluding hydrogens is 267 g/mol. The van der Waals surface area contributed by atoms with Crippen molar-refractivity contribution in [3.63, 3.8) is 0 Å². The third-order valence-electron chi connectivity index (χ3n) is 2.02. The van der Waals surface area contributed by atoms with Crippen LogP contribution in [0, 0.1) is 3.70 Å². The first-order valence-corrected chi connectivity index (χ1v) is 5.01. The van der Waals surface area contributed by atoms with E-state index in [4.69, 9.17) is 0 Å². The maximum absolute atomic E-state index is 11.4. The van der Waals surface area contributed by atoms with Crippen LogP contribution in [-0.2, 0) is 6.42 Å². The van der Waals surface area contributed by atoms with E-state index in [1.807, 2.05) is 6.07 Å². The molecular formula is C8H9IN2O. The first kappa shape index (κ1) is 8.10. The minimum absolute atomic E-state index is 0.0594. The predicted molar refractivity (Wildman–Crippen MR) is 56.6 cm³/mol. The molecule has 1 aromatic rings. The number of hydrogen-bond acceptors (Lipinski definition) is 2. The molecule has 2 N–H and O–H groups in total. The molecule has 0 amide bonds. The molecule has 4 heteroatoms. The summed E-state index contributed by atoms with van der Waals surface area (Å²) in [6, 6.07) is 1.98. The van der Waals surface area contributed by atoms with Gasteiger partial charge in [0.15, 0.2) is 0 Å². The van der Waals surface area contributed by atoms with E-state index in [9.17, 15) is 4.79 Å². The van der Waals surface area contributed by atoms with Crippen molar-refractivity contribution in [1.29, 1.82) is 0 Å². The van der Waals surface area contributed by atoms with Gasteiger partial charge in [0.2, 0.25) is 0 Å². The van der Waals surface area contributed by atoms with Crippen LogP contribution < -0.4 is 10.9 Å². The molecule has 0 radical (unpaired) electrons. The van der Waals surface area contributed by atoms with E-state index in [0.717, 1.165) is 34.3 Å². The zero-order chi connectivity index (χ0) is 8.55. The van der Waals surface area contributed by atoms with Gasteiger partial charge < -0.3 is 10.3 Å². The predicted octanol–water partition coefficient (Wildman–Crippen LogP) is 1.34. The number of aromatic amines is 1. The smallest absolute Gasteiger partial charge is 0.254 e. The van der Waals surface area contributed by atoms with E-state index in [2.05, 4.69) is 32.9 Å². The van der Waals surface area contributed by atoms with E-state index in [0.29, 0.717) is 0 Å². The lowest BCUT2D eigenvalue weighted by Gasteiger charge is -2.16. The van der Waals surface area contributed by atoms with Gasteiger partial charge in [-0.2, -0.15) is 0 Å². The van der Waals surface area contributed by atoms with Crippen LogP contribution in [0.4, 0.5) is 5.69 Å². The maximum Gasteiger partial charge on any atom is 0.254 e. The minimum atomic E-state index is 0.0594. The molecule has 0 saturated heterocycles. The molecule has 64 valence electrons. The Morgan fingerprint density at radius 3 is 3.17 bits per heavy atom. The number of nitrogens with one attached hydrogen (secondary N) is 2. The van der Waals surface area contributed by atoms with Crippen LogP contribution in [0.2, 0.25) is 0 Å². The molecule has 2 heterocycles. The number of hydrogen-bond donors (Lipinski definition) is 2. The second kappa shape index (κ2) is 3.08. The van der Waals surface area contributed by atoms with Gasteiger partial charge in [0.1, 0.15) is 0 Å². The molecule has 0 aliphatic carbocycles.